The minimum Gasteiger partial charge on any atom is -0.496 e. The van der Waals surface area contributed by atoms with Gasteiger partial charge in [-0.1, -0.05) is 15.9 Å². The molecule has 5 heteroatoms. The van der Waals surface area contributed by atoms with Gasteiger partial charge in [0, 0.05) is 10.0 Å². The number of methoxy groups -OCH3 is 1. The van der Waals surface area contributed by atoms with Crippen LogP contribution in [-0.4, -0.2) is 19.7 Å². The van der Waals surface area contributed by atoms with Crippen molar-refractivity contribution in [1.82, 2.24) is 0 Å². The fourth-order valence-electron chi connectivity index (χ4n) is 1.25. The molecular formula is C11H12BrClO3. The highest BCUT2D eigenvalue weighted by Crippen LogP contribution is 2.32. The van der Waals surface area contributed by atoms with Crippen molar-refractivity contribution >= 4 is 33.5 Å². The lowest BCUT2D eigenvalue weighted by atomic mass is 10.1. The normalized spacial score (nSPS) is 12.0. The van der Waals surface area contributed by atoms with Crippen LogP contribution in [0.25, 0.3) is 0 Å². The van der Waals surface area contributed by atoms with E-state index in [9.17, 15) is 4.79 Å². The van der Waals surface area contributed by atoms with Gasteiger partial charge in [-0.05, 0) is 25.1 Å². The molecule has 1 rings (SSSR count). The fraction of sp³-hybridized carbons (Fsp3) is 0.364. The molecule has 3 nitrogen and oxygen atoms in total. The molecule has 1 aromatic carbocycles. The Labute approximate surface area is 108 Å². The molecule has 88 valence electrons. The summed E-state index contributed by atoms with van der Waals surface area (Å²) in [6.45, 7) is 2.04. The Hall–Kier alpha value is -0.740. The zero-order chi connectivity index (χ0) is 12.1. The number of carbonyl (C=O) groups is 1. The average Bonchev–Trinajstić information content (AvgIpc) is 2.28. The van der Waals surface area contributed by atoms with Crippen molar-refractivity contribution in [3.05, 3.63) is 28.2 Å². The number of hydrogen-bond donors (Lipinski definition) is 0. The second-order valence-corrected chi connectivity index (χ2v) is 4.35. The van der Waals surface area contributed by atoms with Crippen LogP contribution in [0.15, 0.2) is 22.7 Å². The fourth-order valence-corrected chi connectivity index (χ4v) is 1.86. The van der Waals surface area contributed by atoms with Gasteiger partial charge in [0.1, 0.15) is 5.75 Å². The molecule has 0 aliphatic carbocycles. The van der Waals surface area contributed by atoms with Crippen LogP contribution < -0.4 is 4.74 Å². The molecule has 0 spiro atoms. The summed E-state index contributed by atoms with van der Waals surface area (Å²) in [5.41, 5.74) is 0.594. The maximum Gasteiger partial charge on any atom is 0.328 e. The lowest BCUT2D eigenvalue weighted by Gasteiger charge is -2.13. The van der Waals surface area contributed by atoms with Crippen molar-refractivity contribution < 1.29 is 14.3 Å². The molecule has 0 saturated heterocycles. The number of hydrogen-bond acceptors (Lipinski definition) is 3. The second kappa shape index (κ2) is 6.11. The first kappa shape index (κ1) is 13.3. The van der Waals surface area contributed by atoms with E-state index in [1.54, 1.807) is 19.1 Å². The van der Waals surface area contributed by atoms with Gasteiger partial charge in [0.2, 0.25) is 0 Å². The third-order valence-electron chi connectivity index (χ3n) is 1.96. The van der Waals surface area contributed by atoms with E-state index in [1.165, 1.54) is 7.11 Å². The van der Waals surface area contributed by atoms with Gasteiger partial charge in [-0.25, -0.2) is 0 Å². The van der Waals surface area contributed by atoms with Crippen LogP contribution in [-0.2, 0) is 9.53 Å². The summed E-state index contributed by atoms with van der Waals surface area (Å²) in [4.78, 5) is 11.5. The van der Waals surface area contributed by atoms with E-state index < -0.39 is 11.3 Å². The quantitative estimate of drug-likeness (QED) is 0.632. The molecule has 1 aromatic rings. The standard InChI is InChI=1S/C11H12BrClO3/c1-3-16-11(14)10(13)8-6-7(12)4-5-9(8)15-2/h4-6,10H,3H2,1-2H3. The molecular weight excluding hydrogens is 295 g/mol. The Bertz CT molecular complexity index is 381. The van der Waals surface area contributed by atoms with Gasteiger partial charge in [0.05, 0.1) is 13.7 Å². The van der Waals surface area contributed by atoms with E-state index in [0.29, 0.717) is 17.9 Å². The van der Waals surface area contributed by atoms with Gasteiger partial charge < -0.3 is 9.47 Å². The number of halogens is 2. The molecule has 1 unspecified atom stereocenters. The van der Waals surface area contributed by atoms with Crippen molar-refractivity contribution in [2.45, 2.75) is 12.3 Å². The van der Waals surface area contributed by atoms with Gasteiger partial charge in [0.25, 0.3) is 0 Å². The van der Waals surface area contributed by atoms with Crippen molar-refractivity contribution in [1.29, 1.82) is 0 Å². The van der Waals surface area contributed by atoms with Crippen LogP contribution >= 0.6 is 27.5 Å². The zero-order valence-electron chi connectivity index (χ0n) is 9.00. The van der Waals surface area contributed by atoms with E-state index >= 15 is 0 Å². The lowest BCUT2D eigenvalue weighted by Crippen LogP contribution is -2.12. The van der Waals surface area contributed by atoms with E-state index in [0.717, 1.165) is 4.47 Å². The Balaban J connectivity index is 3.01. The van der Waals surface area contributed by atoms with Crippen LogP contribution in [0.4, 0.5) is 0 Å². The minimum absolute atomic E-state index is 0.304. The summed E-state index contributed by atoms with van der Waals surface area (Å²) >= 11 is 9.33. The van der Waals surface area contributed by atoms with Crippen molar-refractivity contribution in [2.75, 3.05) is 13.7 Å². The van der Waals surface area contributed by atoms with E-state index in [-0.39, 0.29) is 0 Å². The molecule has 0 heterocycles. The third kappa shape index (κ3) is 3.12. The summed E-state index contributed by atoms with van der Waals surface area (Å²) in [5, 5.41) is -0.854. The van der Waals surface area contributed by atoms with E-state index in [2.05, 4.69) is 15.9 Å². The summed E-state index contributed by atoms with van der Waals surface area (Å²) in [6, 6.07) is 5.30. The summed E-state index contributed by atoms with van der Waals surface area (Å²) < 4.78 is 10.8. The van der Waals surface area contributed by atoms with Crippen LogP contribution in [0.5, 0.6) is 5.75 Å². The number of ether oxygens (including phenoxy) is 2. The Kier molecular flexibility index (Phi) is 5.09. The van der Waals surface area contributed by atoms with Crippen LogP contribution in [0.3, 0.4) is 0 Å². The highest BCUT2D eigenvalue weighted by atomic mass is 79.9. The van der Waals surface area contributed by atoms with Gasteiger partial charge in [-0.15, -0.1) is 11.6 Å². The third-order valence-corrected chi connectivity index (χ3v) is 2.86. The van der Waals surface area contributed by atoms with Gasteiger partial charge in [-0.3, -0.25) is 4.79 Å². The number of esters is 1. The number of carbonyl (C=O) groups excluding carboxylic acids is 1. The van der Waals surface area contributed by atoms with Crippen molar-refractivity contribution in [3.63, 3.8) is 0 Å². The molecule has 0 fully saturated rings. The molecule has 0 N–H and O–H groups in total. The zero-order valence-corrected chi connectivity index (χ0v) is 11.3. The van der Waals surface area contributed by atoms with Crippen molar-refractivity contribution in [2.24, 2.45) is 0 Å². The van der Waals surface area contributed by atoms with Crippen LogP contribution in [0, 0.1) is 0 Å². The first-order valence-corrected chi connectivity index (χ1v) is 5.97. The molecule has 0 aromatic heterocycles. The highest BCUT2D eigenvalue weighted by molar-refractivity contribution is 9.10. The second-order valence-electron chi connectivity index (χ2n) is 3.00. The first-order chi connectivity index (χ1) is 7.60. The van der Waals surface area contributed by atoms with Gasteiger partial charge in [-0.2, -0.15) is 0 Å². The van der Waals surface area contributed by atoms with Gasteiger partial charge in [0.15, 0.2) is 5.38 Å². The monoisotopic (exact) mass is 306 g/mol. The highest BCUT2D eigenvalue weighted by Gasteiger charge is 2.22. The van der Waals surface area contributed by atoms with Crippen LogP contribution in [0.1, 0.15) is 17.9 Å². The SMILES string of the molecule is CCOC(=O)C(Cl)c1cc(Br)ccc1OC. The molecule has 0 saturated carbocycles. The van der Waals surface area contributed by atoms with Gasteiger partial charge >= 0.3 is 5.97 Å². The Morgan fingerprint density at radius 3 is 2.81 bits per heavy atom. The number of alkyl halides is 1. The smallest absolute Gasteiger partial charge is 0.328 e. The molecule has 0 radical (unpaired) electrons. The number of benzene rings is 1. The molecule has 0 amide bonds. The summed E-state index contributed by atoms with van der Waals surface area (Å²) in [7, 11) is 1.53. The molecule has 0 bridgehead atoms. The van der Waals surface area contributed by atoms with Crippen LogP contribution in [0.2, 0.25) is 0 Å². The molecule has 0 aliphatic heterocycles. The molecule has 16 heavy (non-hydrogen) atoms. The molecule has 1 atom stereocenters. The Morgan fingerprint density at radius 2 is 2.25 bits per heavy atom. The first-order valence-electron chi connectivity index (χ1n) is 4.74. The topological polar surface area (TPSA) is 35.5 Å². The maximum absolute atomic E-state index is 11.5. The summed E-state index contributed by atoms with van der Waals surface area (Å²) in [5.74, 6) is 0.0943. The Morgan fingerprint density at radius 1 is 1.56 bits per heavy atom. The number of rotatable bonds is 4. The predicted octanol–water partition coefficient (Wildman–Crippen LogP) is 3.30. The van der Waals surface area contributed by atoms with E-state index in [4.69, 9.17) is 21.1 Å². The molecule has 0 aliphatic rings. The summed E-state index contributed by atoms with van der Waals surface area (Å²) in [6.07, 6.45) is 0. The maximum atomic E-state index is 11.5. The average molecular weight is 308 g/mol. The predicted molar refractivity (Wildman–Crippen MR) is 65.9 cm³/mol. The van der Waals surface area contributed by atoms with E-state index in [1.807, 2.05) is 6.07 Å². The largest absolute Gasteiger partial charge is 0.496 e. The minimum atomic E-state index is -0.854. The lowest BCUT2D eigenvalue weighted by molar-refractivity contribution is -0.142. The van der Waals surface area contributed by atoms with Crippen molar-refractivity contribution in [3.8, 4) is 5.75 Å².